The van der Waals surface area contributed by atoms with Gasteiger partial charge in [-0.15, -0.1) is 0 Å². The second kappa shape index (κ2) is 4.09. The fourth-order valence-corrected chi connectivity index (χ4v) is 2.13. The van der Waals surface area contributed by atoms with Crippen molar-refractivity contribution in [2.24, 2.45) is 0 Å². The average molecular weight is 295 g/mol. The van der Waals surface area contributed by atoms with Crippen molar-refractivity contribution in [3.63, 3.8) is 0 Å². The molecule has 0 amide bonds. The van der Waals surface area contributed by atoms with E-state index in [0.29, 0.717) is 0 Å². The zero-order chi connectivity index (χ0) is 9.97. The van der Waals surface area contributed by atoms with E-state index in [9.17, 15) is 0 Å². The van der Waals surface area contributed by atoms with E-state index in [-0.39, 0.29) is 0 Å². The van der Waals surface area contributed by atoms with E-state index >= 15 is 0 Å². The number of hydrogen-bond donors (Lipinski definition) is 0. The predicted octanol–water partition coefficient (Wildman–Crippen LogP) is 3.66. The van der Waals surface area contributed by atoms with E-state index in [1.165, 1.54) is 9.13 Å². The molecule has 14 heavy (non-hydrogen) atoms. The Morgan fingerprint density at radius 3 is 2.43 bits per heavy atom. The molecule has 1 heterocycles. The normalized spacial score (nSPS) is 10.1. The van der Waals surface area contributed by atoms with Crippen LogP contribution in [0.5, 0.6) is 0 Å². The molecule has 0 fully saturated rings. The number of nitrogens with zero attached hydrogens (tertiary/aromatic N) is 1. The highest BCUT2D eigenvalue weighted by Crippen LogP contribution is 2.19. The highest BCUT2D eigenvalue weighted by atomic mass is 127. The maximum absolute atomic E-state index is 4.50. The van der Waals surface area contributed by atoms with Crippen molar-refractivity contribution in [2.75, 3.05) is 0 Å². The lowest BCUT2D eigenvalue weighted by atomic mass is 10.1. The van der Waals surface area contributed by atoms with E-state index in [1.807, 2.05) is 25.1 Å². The second-order valence-corrected chi connectivity index (χ2v) is 4.42. The summed E-state index contributed by atoms with van der Waals surface area (Å²) in [5, 5.41) is 0. The van der Waals surface area contributed by atoms with Crippen LogP contribution in [0.4, 0.5) is 0 Å². The summed E-state index contributed by atoms with van der Waals surface area (Å²) in [6.07, 6.45) is 0. The Kier molecular flexibility index (Phi) is 2.82. The van der Waals surface area contributed by atoms with Crippen molar-refractivity contribution in [3.8, 4) is 11.3 Å². The first-order valence-electron chi connectivity index (χ1n) is 4.45. The lowest BCUT2D eigenvalue weighted by molar-refractivity contribution is 1.20. The quantitative estimate of drug-likeness (QED) is 0.732. The van der Waals surface area contributed by atoms with Crippen LogP contribution in [0.3, 0.4) is 0 Å². The molecule has 70 valence electrons. The minimum atomic E-state index is 1.05. The third-order valence-electron chi connectivity index (χ3n) is 1.99. The summed E-state index contributed by atoms with van der Waals surface area (Å²) in [5.41, 5.74) is 3.29. The van der Waals surface area contributed by atoms with Crippen LogP contribution in [0, 0.1) is 10.5 Å². The first-order valence-corrected chi connectivity index (χ1v) is 5.53. The molecule has 1 aromatic carbocycles. The fraction of sp³-hybridized carbons (Fsp3) is 0.0833. The van der Waals surface area contributed by atoms with E-state index in [1.54, 1.807) is 0 Å². The van der Waals surface area contributed by atoms with Gasteiger partial charge in [-0.3, -0.25) is 4.98 Å². The smallest absolute Gasteiger partial charge is 0.0715 e. The molecule has 0 N–H and O–H groups in total. The monoisotopic (exact) mass is 295 g/mol. The van der Waals surface area contributed by atoms with Crippen molar-refractivity contribution in [3.05, 3.63) is 51.7 Å². The van der Waals surface area contributed by atoms with Gasteiger partial charge in [0.05, 0.1) is 5.69 Å². The number of rotatable bonds is 1. The molecule has 2 aromatic rings. The molecule has 1 aromatic heterocycles. The highest BCUT2D eigenvalue weighted by molar-refractivity contribution is 14.1. The minimum absolute atomic E-state index is 1.05. The maximum atomic E-state index is 4.50. The lowest BCUT2D eigenvalue weighted by Gasteiger charge is -2.02. The predicted molar refractivity (Wildman–Crippen MR) is 67.1 cm³/mol. The number of hydrogen-bond acceptors (Lipinski definition) is 1. The van der Waals surface area contributed by atoms with Gasteiger partial charge in [0.15, 0.2) is 0 Å². The summed E-state index contributed by atoms with van der Waals surface area (Å²) >= 11 is 2.32. The van der Waals surface area contributed by atoms with E-state index in [0.717, 1.165) is 11.4 Å². The summed E-state index contributed by atoms with van der Waals surface area (Å²) in [6.45, 7) is 2.02. The SMILES string of the molecule is Cc1cc(I)cc(-c2ccccc2)n1. The standard InChI is InChI=1S/C12H10IN/c1-9-7-11(13)8-12(14-9)10-5-3-2-4-6-10/h2-8H,1H3. The van der Waals surface area contributed by atoms with Gasteiger partial charge in [0, 0.05) is 14.8 Å². The van der Waals surface area contributed by atoms with E-state index < -0.39 is 0 Å². The molecule has 0 aliphatic carbocycles. The van der Waals surface area contributed by atoms with Crippen molar-refractivity contribution in [1.29, 1.82) is 0 Å². The third kappa shape index (κ3) is 2.12. The fourth-order valence-electron chi connectivity index (χ4n) is 1.38. The molecule has 2 heteroatoms. The van der Waals surface area contributed by atoms with Gasteiger partial charge in [0.2, 0.25) is 0 Å². The van der Waals surface area contributed by atoms with Crippen LogP contribution >= 0.6 is 22.6 Å². The van der Waals surface area contributed by atoms with Crippen molar-refractivity contribution < 1.29 is 0 Å². The summed E-state index contributed by atoms with van der Waals surface area (Å²) in [7, 11) is 0. The Morgan fingerprint density at radius 1 is 1.07 bits per heavy atom. The Balaban J connectivity index is 2.52. The van der Waals surface area contributed by atoms with Gasteiger partial charge in [-0.2, -0.15) is 0 Å². The maximum Gasteiger partial charge on any atom is 0.0715 e. The zero-order valence-corrected chi connectivity index (χ0v) is 10.0. The van der Waals surface area contributed by atoms with Gasteiger partial charge in [-0.05, 0) is 41.6 Å². The number of aromatic nitrogens is 1. The lowest BCUT2D eigenvalue weighted by Crippen LogP contribution is -1.88. The molecule has 0 unspecified atom stereocenters. The Bertz CT molecular complexity index is 417. The zero-order valence-electron chi connectivity index (χ0n) is 7.87. The molecule has 0 saturated carbocycles. The number of halogens is 1. The van der Waals surface area contributed by atoms with Crippen LogP contribution in [0.15, 0.2) is 42.5 Å². The molecule has 0 atom stereocenters. The second-order valence-electron chi connectivity index (χ2n) is 3.18. The molecule has 0 aliphatic rings. The summed E-state index contributed by atoms with van der Waals surface area (Å²) in [6, 6.07) is 14.4. The number of benzene rings is 1. The molecule has 0 radical (unpaired) electrons. The third-order valence-corrected chi connectivity index (χ3v) is 2.61. The van der Waals surface area contributed by atoms with E-state index in [4.69, 9.17) is 0 Å². The van der Waals surface area contributed by atoms with Crippen LogP contribution < -0.4 is 0 Å². The van der Waals surface area contributed by atoms with Gasteiger partial charge in [0.1, 0.15) is 0 Å². The van der Waals surface area contributed by atoms with Crippen molar-refractivity contribution in [1.82, 2.24) is 4.98 Å². The van der Waals surface area contributed by atoms with E-state index in [2.05, 4.69) is 51.8 Å². The number of pyridine rings is 1. The Morgan fingerprint density at radius 2 is 1.79 bits per heavy atom. The molecule has 0 spiro atoms. The summed E-state index contributed by atoms with van der Waals surface area (Å²) < 4.78 is 1.23. The molecule has 0 aliphatic heterocycles. The minimum Gasteiger partial charge on any atom is -0.253 e. The molecular weight excluding hydrogens is 285 g/mol. The largest absolute Gasteiger partial charge is 0.253 e. The molecular formula is C12H10IN. The van der Waals surface area contributed by atoms with Crippen molar-refractivity contribution >= 4 is 22.6 Å². The Labute approximate surface area is 97.3 Å². The number of aryl methyl sites for hydroxylation is 1. The summed E-state index contributed by atoms with van der Waals surface area (Å²) in [4.78, 5) is 4.50. The summed E-state index contributed by atoms with van der Waals surface area (Å²) in [5.74, 6) is 0. The van der Waals surface area contributed by atoms with Crippen molar-refractivity contribution in [2.45, 2.75) is 6.92 Å². The van der Waals surface area contributed by atoms with Gasteiger partial charge in [-0.25, -0.2) is 0 Å². The van der Waals surface area contributed by atoms with Crippen LogP contribution in [-0.4, -0.2) is 4.98 Å². The molecule has 1 nitrogen and oxygen atoms in total. The molecule has 0 bridgehead atoms. The van der Waals surface area contributed by atoms with Gasteiger partial charge >= 0.3 is 0 Å². The first-order chi connectivity index (χ1) is 6.75. The van der Waals surface area contributed by atoms with Gasteiger partial charge in [-0.1, -0.05) is 30.3 Å². The van der Waals surface area contributed by atoms with Crippen LogP contribution in [0.2, 0.25) is 0 Å². The topological polar surface area (TPSA) is 12.9 Å². The highest BCUT2D eigenvalue weighted by Gasteiger charge is 2.00. The average Bonchev–Trinajstić information content (AvgIpc) is 2.18. The van der Waals surface area contributed by atoms with Crippen LogP contribution in [-0.2, 0) is 0 Å². The molecule has 2 rings (SSSR count). The molecule has 0 saturated heterocycles. The van der Waals surface area contributed by atoms with Gasteiger partial charge in [0.25, 0.3) is 0 Å². The van der Waals surface area contributed by atoms with Crippen LogP contribution in [0.25, 0.3) is 11.3 Å². The van der Waals surface area contributed by atoms with Gasteiger partial charge < -0.3 is 0 Å². The first kappa shape index (κ1) is 9.65. The Hall–Kier alpha value is -0.900. The van der Waals surface area contributed by atoms with Crippen LogP contribution in [0.1, 0.15) is 5.69 Å².